The molecule has 0 aliphatic carbocycles. The second-order valence-electron chi connectivity index (χ2n) is 4.13. The summed E-state index contributed by atoms with van der Waals surface area (Å²) in [5.41, 5.74) is 5.33. The summed E-state index contributed by atoms with van der Waals surface area (Å²) in [4.78, 5) is 22.9. The van der Waals surface area contributed by atoms with Crippen molar-refractivity contribution in [2.75, 3.05) is 7.11 Å². The largest absolute Gasteiger partial charge is 0.465 e. The van der Waals surface area contributed by atoms with Crippen LogP contribution >= 0.6 is 0 Å². The van der Waals surface area contributed by atoms with Crippen LogP contribution in [0.1, 0.15) is 20.7 Å². The van der Waals surface area contributed by atoms with Crippen molar-refractivity contribution in [1.82, 2.24) is 0 Å². The molecule has 0 heterocycles. The molecule has 0 atom stereocenters. The summed E-state index contributed by atoms with van der Waals surface area (Å²) >= 11 is 0. The molecule has 0 radical (unpaired) electrons. The van der Waals surface area contributed by atoms with E-state index in [1.165, 1.54) is 49.6 Å². The minimum Gasteiger partial charge on any atom is -0.465 e. The predicted molar refractivity (Wildman–Crippen MR) is 72.8 cm³/mol. The standard InChI is InChI=1S/C15H12FNO4/c1-20-15(19)12-7-9(14(17)18)5-6-13(12)21-11-4-2-3-10(16)8-11/h2-8H,1H3,(H2,17,18). The number of nitrogens with two attached hydrogens (primary N) is 1. The van der Waals surface area contributed by atoms with E-state index in [0.717, 1.165) is 0 Å². The summed E-state index contributed by atoms with van der Waals surface area (Å²) in [6.45, 7) is 0. The highest BCUT2D eigenvalue weighted by Gasteiger charge is 2.16. The number of benzene rings is 2. The van der Waals surface area contributed by atoms with Crippen molar-refractivity contribution in [3.05, 3.63) is 59.4 Å². The van der Waals surface area contributed by atoms with Gasteiger partial charge in [-0.25, -0.2) is 9.18 Å². The summed E-state index contributed by atoms with van der Waals surface area (Å²) < 4.78 is 23.2. The first-order chi connectivity index (χ1) is 10.0. The van der Waals surface area contributed by atoms with E-state index in [-0.39, 0.29) is 22.6 Å². The van der Waals surface area contributed by atoms with Gasteiger partial charge in [0, 0.05) is 11.6 Å². The normalized spacial score (nSPS) is 10.0. The fraction of sp³-hybridized carbons (Fsp3) is 0.0667. The van der Waals surface area contributed by atoms with Crippen LogP contribution in [0.15, 0.2) is 42.5 Å². The van der Waals surface area contributed by atoms with Crippen LogP contribution in [0, 0.1) is 5.82 Å². The van der Waals surface area contributed by atoms with Gasteiger partial charge in [-0.3, -0.25) is 4.79 Å². The minimum absolute atomic E-state index is 0.0260. The van der Waals surface area contributed by atoms with Gasteiger partial charge >= 0.3 is 5.97 Å². The lowest BCUT2D eigenvalue weighted by atomic mass is 10.1. The first kappa shape index (κ1) is 14.5. The Morgan fingerprint density at radius 3 is 2.52 bits per heavy atom. The molecule has 0 saturated carbocycles. The molecule has 2 N–H and O–H groups in total. The van der Waals surface area contributed by atoms with Crippen molar-refractivity contribution in [3.63, 3.8) is 0 Å². The molecule has 21 heavy (non-hydrogen) atoms. The second-order valence-corrected chi connectivity index (χ2v) is 4.13. The van der Waals surface area contributed by atoms with Gasteiger partial charge in [-0.2, -0.15) is 0 Å². The predicted octanol–water partition coefficient (Wildman–Crippen LogP) is 2.50. The van der Waals surface area contributed by atoms with E-state index in [1.807, 2.05) is 0 Å². The molecular formula is C15H12FNO4. The molecule has 108 valence electrons. The lowest BCUT2D eigenvalue weighted by molar-refractivity contribution is 0.0598. The van der Waals surface area contributed by atoms with E-state index in [4.69, 9.17) is 10.5 Å². The highest BCUT2D eigenvalue weighted by Crippen LogP contribution is 2.27. The molecule has 2 aromatic rings. The van der Waals surface area contributed by atoms with Gasteiger partial charge in [0.15, 0.2) is 0 Å². The molecule has 0 aliphatic heterocycles. The Balaban J connectivity index is 2.42. The maximum absolute atomic E-state index is 13.1. The SMILES string of the molecule is COC(=O)c1cc(C(N)=O)ccc1Oc1cccc(F)c1. The van der Waals surface area contributed by atoms with Crippen LogP contribution in [-0.2, 0) is 4.74 Å². The number of methoxy groups -OCH3 is 1. The topological polar surface area (TPSA) is 78.6 Å². The Morgan fingerprint density at radius 2 is 1.90 bits per heavy atom. The highest BCUT2D eigenvalue weighted by atomic mass is 19.1. The maximum Gasteiger partial charge on any atom is 0.341 e. The monoisotopic (exact) mass is 289 g/mol. The Bertz CT molecular complexity index is 700. The van der Waals surface area contributed by atoms with Crippen LogP contribution < -0.4 is 10.5 Å². The van der Waals surface area contributed by atoms with Crippen LogP contribution in [-0.4, -0.2) is 19.0 Å². The third-order valence-electron chi connectivity index (χ3n) is 2.69. The fourth-order valence-corrected chi connectivity index (χ4v) is 1.70. The van der Waals surface area contributed by atoms with Crippen molar-refractivity contribution in [3.8, 4) is 11.5 Å². The highest BCUT2D eigenvalue weighted by molar-refractivity contribution is 5.98. The number of amides is 1. The van der Waals surface area contributed by atoms with Crippen molar-refractivity contribution >= 4 is 11.9 Å². The molecule has 0 aliphatic rings. The van der Waals surface area contributed by atoms with E-state index in [9.17, 15) is 14.0 Å². The van der Waals surface area contributed by atoms with Gasteiger partial charge in [0.25, 0.3) is 0 Å². The van der Waals surface area contributed by atoms with E-state index >= 15 is 0 Å². The Kier molecular flexibility index (Phi) is 4.18. The molecule has 0 fully saturated rings. The van der Waals surface area contributed by atoms with Gasteiger partial charge in [0.2, 0.25) is 5.91 Å². The van der Waals surface area contributed by atoms with Crippen molar-refractivity contribution in [1.29, 1.82) is 0 Å². The number of carbonyl (C=O) groups excluding carboxylic acids is 2. The summed E-state index contributed by atoms with van der Waals surface area (Å²) in [7, 11) is 1.20. The number of ether oxygens (including phenoxy) is 2. The lowest BCUT2D eigenvalue weighted by Gasteiger charge is -2.11. The summed E-state index contributed by atoms with van der Waals surface area (Å²) in [6.07, 6.45) is 0. The molecule has 1 amide bonds. The Labute approximate surface area is 120 Å². The molecule has 0 bridgehead atoms. The first-order valence-electron chi connectivity index (χ1n) is 5.97. The zero-order valence-corrected chi connectivity index (χ0v) is 11.1. The number of hydrogen-bond acceptors (Lipinski definition) is 4. The van der Waals surface area contributed by atoms with Gasteiger partial charge < -0.3 is 15.2 Å². The van der Waals surface area contributed by atoms with Gasteiger partial charge in [-0.1, -0.05) is 6.07 Å². The zero-order chi connectivity index (χ0) is 15.4. The van der Waals surface area contributed by atoms with E-state index < -0.39 is 17.7 Å². The van der Waals surface area contributed by atoms with Crippen LogP contribution in [0.5, 0.6) is 11.5 Å². The minimum atomic E-state index is -0.690. The van der Waals surface area contributed by atoms with E-state index in [2.05, 4.69) is 4.74 Å². The molecule has 2 aromatic carbocycles. The van der Waals surface area contributed by atoms with Gasteiger partial charge in [0.05, 0.1) is 7.11 Å². The van der Waals surface area contributed by atoms with Gasteiger partial charge in [0.1, 0.15) is 22.9 Å². The van der Waals surface area contributed by atoms with Gasteiger partial charge in [-0.05, 0) is 30.3 Å². The molecule has 5 nitrogen and oxygen atoms in total. The number of primary amides is 1. The Hall–Kier alpha value is -2.89. The van der Waals surface area contributed by atoms with Crippen molar-refractivity contribution in [2.45, 2.75) is 0 Å². The number of rotatable bonds is 4. The molecule has 0 unspecified atom stereocenters. The molecule has 0 aromatic heterocycles. The maximum atomic E-state index is 13.1. The zero-order valence-electron chi connectivity index (χ0n) is 11.1. The van der Waals surface area contributed by atoms with Gasteiger partial charge in [-0.15, -0.1) is 0 Å². The van der Waals surface area contributed by atoms with Crippen LogP contribution in [0.3, 0.4) is 0 Å². The molecule has 2 rings (SSSR count). The summed E-state index contributed by atoms with van der Waals surface area (Å²) in [5.74, 6) is -1.49. The Morgan fingerprint density at radius 1 is 1.14 bits per heavy atom. The van der Waals surface area contributed by atoms with Crippen molar-refractivity contribution < 1.29 is 23.5 Å². The average Bonchev–Trinajstić information content (AvgIpc) is 2.46. The number of hydrogen-bond donors (Lipinski definition) is 1. The fourth-order valence-electron chi connectivity index (χ4n) is 1.70. The number of halogens is 1. The molecular weight excluding hydrogens is 277 g/mol. The quantitative estimate of drug-likeness (QED) is 0.877. The van der Waals surface area contributed by atoms with Crippen molar-refractivity contribution in [2.24, 2.45) is 5.73 Å². The third kappa shape index (κ3) is 3.36. The van der Waals surface area contributed by atoms with Crippen LogP contribution in [0.4, 0.5) is 4.39 Å². The number of carbonyl (C=O) groups is 2. The van der Waals surface area contributed by atoms with Crippen LogP contribution in [0.2, 0.25) is 0 Å². The smallest absolute Gasteiger partial charge is 0.341 e. The van der Waals surface area contributed by atoms with E-state index in [0.29, 0.717) is 0 Å². The number of esters is 1. The lowest BCUT2D eigenvalue weighted by Crippen LogP contribution is -2.13. The molecule has 0 spiro atoms. The van der Waals surface area contributed by atoms with Crippen LogP contribution in [0.25, 0.3) is 0 Å². The first-order valence-corrected chi connectivity index (χ1v) is 5.97. The average molecular weight is 289 g/mol. The second kappa shape index (κ2) is 6.04. The third-order valence-corrected chi connectivity index (χ3v) is 2.69. The summed E-state index contributed by atoms with van der Waals surface area (Å²) in [5, 5.41) is 0. The molecule has 0 saturated heterocycles. The summed E-state index contributed by atoms with van der Waals surface area (Å²) in [6, 6.07) is 9.52. The molecule has 6 heteroatoms. The van der Waals surface area contributed by atoms with E-state index in [1.54, 1.807) is 0 Å².